The van der Waals surface area contributed by atoms with Crippen LogP contribution in [-0.4, -0.2) is 22.9 Å². The second-order valence-electron chi connectivity index (χ2n) is 6.22. The molecule has 0 unspecified atom stereocenters. The summed E-state index contributed by atoms with van der Waals surface area (Å²) >= 11 is 0. The highest BCUT2D eigenvalue weighted by Gasteiger charge is 2.38. The minimum atomic E-state index is -0.378. The Hall–Kier alpha value is -1.38. The number of hydrogen-bond donors (Lipinski definition) is 0. The van der Waals surface area contributed by atoms with Crippen LogP contribution in [0.3, 0.4) is 0 Å². The highest BCUT2D eigenvalue weighted by Crippen LogP contribution is 2.35. The molecule has 0 aliphatic heterocycles. The zero-order valence-corrected chi connectivity index (χ0v) is 12.1. The van der Waals surface area contributed by atoms with Crippen LogP contribution >= 0.6 is 0 Å². The predicted octanol–water partition coefficient (Wildman–Crippen LogP) is 4.07. The van der Waals surface area contributed by atoms with Gasteiger partial charge in [0.25, 0.3) is 5.91 Å². The predicted molar refractivity (Wildman–Crippen MR) is 77.2 cm³/mol. The molecule has 0 spiro atoms. The molecular weight excluding hydrogens is 253 g/mol. The molecule has 0 atom stereocenters. The molecule has 2 fully saturated rings. The first kappa shape index (κ1) is 13.6. The average molecular weight is 275 g/mol. The molecule has 1 amide bonds. The number of rotatable bonds is 3. The Bertz CT molecular complexity index is 504. The van der Waals surface area contributed by atoms with Crippen molar-refractivity contribution >= 4 is 5.91 Å². The molecule has 0 N–H and O–H groups in total. The fourth-order valence-electron chi connectivity index (χ4n) is 3.27. The van der Waals surface area contributed by atoms with E-state index in [0.717, 1.165) is 31.2 Å². The van der Waals surface area contributed by atoms with Gasteiger partial charge in [0.15, 0.2) is 0 Å². The highest BCUT2D eigenvalue weighted by molar-refractivity contribution is 5.95. The normalized spacial score (nSPS) is 19.9. The van der Waals surface area contributed by atoms with E-state index in [1.54, 1.807) is 6.07 Å². The van der Waals surface area contributed by atoms with Gasteiger partial charge in [-0.25, -0.2) is 4.39 Å². The molecule has 3 rings (SSSR count). The lowest BCUT2D eigenvalue weighted by molar-refractivity contribution is 0.0609. The van der Waals surface area contributed by atoms with Gasteiger partial charge in [0, 0.05) is 12.1 Å². The number of aryl methyl sites for hydroxylation is 1. The Labute approximate surface area is 120 Å². The van der Waals surface area contributed by atoms with Gasteiger partial charge in [0.2, 0.25) is 0 Å². The lowest BCUT2D eigenvalue weighted by Gasteiger charge is -2.34. The monoisotopic (exact) mass is 275 g/mol. The van der Waals surface area contributed by atoms with E-state index >= 15 is 0 Å². The van der Waals surface area contributed by atoms with E-state index in [-0.39, 0.29) is 17.3 Å². The molecule has 0 heterocycles. The van der Waals surface area contributed by atoms with Crippen molar-refractivity contribution in [2.75, 3.05) is 0 Å². The number of carbonyl (C=O) groups is 1. The van der Waals surface area contributed by atoms with E-state index < -0.39 is 0 Å². The molecule has 0 radical (unpaired) electrons. The van der Waals surface area contributed by atoms with Crippen molar-refractivity contribution in [3.63, 3.8) is 0 Å². The largest absolute Gasteiger partial charge is 0.333 e. The van der Waals surface area contributed by atoms with Crippen LogP contribution in [0.2, 0.25) is 0 Å². The first-order valence-electron chi connectivity index (χ1n) is 7.75. The van der Waals surface area contributed by atoms with Gasteiger partial charge in [-0.15, -0.1) is 0 Å². The van der Waals surface area contributed by atoms with Crippen molar-refractivity contribution in [2.24, 2.45) is 0 Å². The summed E-state index contributed by atoms with van der Waals surface area (Å²) in [4.78, 5) is 14.7. The summed E-state index contributed by atoms with van der Waals surface area (Å²) in [6, 6.07) is 5.60. The maximum absolute atomic E-state index is 14.1. The summed E-state index contributed by atoms with van der Waals surface area (Å²) in [6.45, 7) is 1.84. The van der Waals surface area contributed by atoms with Crippen LogP contribution in [0.4, 0.5) is 4.39 Å². The maximum atomic E-state index is 14.1. The highest BCUT2D eigenvalue weighted by atomic mass is 19.1. The molecule has 1 aromatic rings. The number of halogens is 1. The van der Waals surface area contributed by atoms with Crippen molar-refractivity contribution in [3.8, 4) is 0 Å². The van der Waals surface area contributed by atoms with Crippen LogP contribution in [0.1, 0.15) is 60.9 Å². The number of benzene rings is 1. The molecule has 2 aliphatic carbocycles. The van der Waals surface area contributed by atoms with Crippen LogP contribution < -0.4 is 0 Å². The molecule has 0 bridgehead atoms. The smallest absolute Gasteiger partial charge is 0.257 e. The topological polar surface area (TPSA) is 20.3 Å². The van der Waals surface area contributed by atoms with Gasteiger partial charge in [0.1, 0.15) is 5.82 Å². The molecule has 0 aromatic heterocycles. The quantitative estimate of drug-likeness (QED) is 0.814. The van der Waals surface area contributed by atoms with Crippen LogP contribution in [0.15, 0.2) is 18.2 Å². The average Bonchev–Trinajstić information content (AvgIpc) is 3.24. The molecule has 2 nitrogen and oxygen atoms in total. The van der Waals surface area contributed by atoms with E-state index in [9.17, 15) is 9.18 Å². The second kappa shape index (κ2) is 5.55. The van der Waals surface area contributed by atoms with Crippen LogP contribution in [-0.2, 0) is 0 Å². The minimum absolute atomic E-state index is 0.100. The van der Waals surface area contributed by atoms with Gasteiger partial charge < -0.3 is 4.90 Å². The van der Waals surface area contributed by atoms with Gasteiger partial charge in [-0.1, -0.05) is 25.3 Å². The summed E-state index contributed by atoms with van der Waals surface area (Å²) in [6.07, 6.45) is 7.97. The maximum Gasteiger partial charge on any atom is 0.257 e. The molecule has 2 saturated carbocycles. The standard InChI is InChI=1S/C17H22FNO/c1-12-7-10-15(16(18)11-12)17(20)19(14-8-9-14)13-5-3-2-4-6-13/h7,10-11,13-14H,2-6,8-9H2,1H3. The molecule has 0 saturated heterocycles. The third kappa shape index (κ3) is 2.72. The first-order valence-corrected chi connectivity index (χ1v) is 7.75. The first-order chi connectivity index (χ1) is 9.66. The lowest BCUT2D eigenvalue weighted by atomic mass is 9.93. The van der Waals surface area contributed by atoms with Gasteiger partial charge in [-0.3, -0.25) is 4.79 Å². The fourth-order valence-corrected chi connectivity index (χ4v) is 3.27. The van der Waals surface area contributed by atoms with Crippen LogP contribution in [0.25, 0.3) is 0 Å². The third-order valence-corrected chi connectivity index (χ3v) is 4.50. The number of nitrogens with zero attached hydrogens (tertiary/aromatic N) is 1. The Morgan fingerprint density at radius 2 is 1.75 bits per heavy atom. The molecule has 2 aliphatic rings. The van der Waals surface area contributed by atoms with Gasteiger partial charge in [-0.2, -0.15) is 0 Å². The summed E-state index contributed by atoms with van der Waals surface area (Å²) < 4.78 is 14.1. The Balaban J connectivity index is 1.84. The fraction of sp³-hybridized carbons (Fsp3) is 0.588. The lowest BCUT2D eigenvalue weighted by Crippen LogP contribution is -2.43. The van der Waals surface area contributed by atoms with Gasteiger partial charge >= 0.3 is 0 Å². The molecular formula is C17H22FNO. The summed E-state index contributed by atoms with van der Waals surface area (Å²) in [5.74, 6) is -0.478. The summed E-state index contributed by atoms with van der Waals surface area (Å²) in [5, 5.41) is 0. The van der Waals surface area contributed by atoms with Crippen molar-refractivity contribution in [2.45, 2.75) is 64.0 Å². The SMILES string of the molecule is Cc1ccc(C(=O)N(C2CCCCC2)C2CC2)c(F)c1. The summed E-state index contributed by atoms with van der Waals surface area (Å²) in [7, 11) is 0. The zero-order valence-electron chi connectivity index (χ0n) is 12.1. The molecule has 1 aromatic carbocycles. The van der Waals surface area contributed by atoms with E-state index in [0.29, 0.717) is 12.1 Å². The Morgan fingerprint density at radius 1 is 1.10 bits per heavy atom. The zero-order chi connectivity index (χ0) is 14.1. The van der Waals surface area contributed by atoms with Crippen molar-refractivity contribution < 1.29 is 9.18 Å². The second-order valence-corrected chi connectivity index (χ2v) is 6.22. The van der Waals surface area contributed by atoms with Crippen molar-refractivity contribution in [1.82, 2.24) is 4.90 Å². The van der Waals surface area contributed by atoms with E-state index in [1.807, 2.05) is 17.9 Å². The van der Waals surface area contributed by atoms with Crippen molar-refractivity contribution in [3.05, 3.63) is 35.1 Å². The number of carbonyl (C=O) groups excluding carboxylic acids is 1. The Kier molecular flexibility index (Phi) is 3.77. The van der Waals surface area contributed by atoms with E-state index in [1.165, 1.54) is 25.3 Å². The third-order valence-electron chi connectivity index (χ3n) is 4.50. The van der Waals surface area contributed by atoms with Gasteiger partial charge in [0.05, 0.1) is 5.56 Å². The van der Waals surface area contributed by atoms with Crippen LogP contribution in [0, 0.1) is 12.7 Å². The number of hydrogen-bond acceptors (Lipinski definition) is 1. The Morgan fingerprint density at radius 3 is 2.35 bits per heavy atom. The van der Waals surface area contributed by atoms with Crippen LogP contribution in [0.5, 0.6) is 0 Å². The minimum Gasteiger partial charge on any atom is -0.333 e. The number of amides is 1. The van der Waals surface area contributed by atoms with E-state index in [2.05, 4.69) is 0 Å². The van der Waals surface area contributed by atoms with Gasteiger partial charge in [-0.05, 0) is 50.3 Å². The molecule has 20 heavy (non-hydrogen) atoms. The molecule has 3 heteroatoms. The molecule has 108 valence electrons. The van der Waals surface area contributed by atoms with Crippen molar-refractivity contribution in [1.29, 1.82) is 0 Å². The summed E-state index contributed by atoms with van der Waals surface area (Å²) in [5.41, 5.74) is 1.10. The van der Waals surface area contributed by atoms with E-state index in [4.69, 9.17) is 0 Å².